The van der Waals surface area contributed by atoms with Crippen LogP contribution in [0.25, 0.3) is 0 Å². The highest BCUT2D eigenvalue weighted by Crippen LogP contribution is 2.46. The SMILES string of the molecule is O=C(Nc1ncn(Cc2ccccc2)n1)C1(C(F)(F)F)CCN(Cc2ccccc2)C1. The number of carbonyl (C=O) groups excluding carboxylic acids is 1. The van der Waals surface area contributed by atoms with Gasteiger partial charge in [-0.2, -0.15) is 13.2 Å². The van der Waals surface area contributed by atoms with Crippen molar-refractivity contribution in [2.45, 2.75) is 25.7 Å². The molecule has 0 radical (unpaired) electrons. The number of alkyl halides is 3. The van der Waals surface area contributed by atoms with E-state index < -0.39 is 24.0 Å². The molecule has 1 amide bonds. The number of amides is 1. The molecule has 9 heteroatoms. The summed E-state index contributed by atoms with van der Waals surface area (Å²) in [5.41, 5.74) is -0.626. The molecule has 2 heterocycles. The lowest BCUT2D eigenvalue weighted by Crippen LogP contribution is -2.50. The molecule has 2 aromatic carbocycles. The number of halogens is 3. The third kappa shape index (κ3) is 4.61. The molecule has 1 aromatic heterocycles. The van der Waals surface area contributed by atoms with Gasteiger partial charge in [0.1, 0.15) is 6.33 Å². The molecule has 1 fully saturated rings. The molecule has 31 heavy (non-hydrogen) atoms. The van der Waals surface area contributed by atoms with Gasteiger partial charge in [0.2, 0.25) is 11.9 Å². The van der Waals surface area contributed by atoms with E-state index in [9.17, 15) is 18.0 Å². The van der Waals surface area contributed by atoms with E-state index in [0.717, 1.165) is 11.1 Å². The van der Waals surface area contributed by atoms with Crippen molar-refractivity contribution in [3.63, 3.8) is 0 Å². The number of rotatable bonds is 6. The number of hydrogen-bond donors (Lipinski definition) is 1. The first kappa shape index (κ1) is 21.0. The summed E-state index contributed by atoms with van der Waals surface area (Å²) >= 11 is 0. The predicted octanol–water partition coefficient (Wildman–Crippen LogP) is 3.72. The Labute approximate surface area is 177 Å². The quantitative estimate of drug-likeness (QED) is 0.649. The fourth-order valence-electron chi connectivity index (χ4n) is 3.83. The van der Waals surface area contributed by atoms with E-state index in [1.54, 1.807) is 4.90 Å². The minimum Gasteiger partial charge on any atom is -0.298 e. The van der Waals surface area contributed by atoms with Crippen LogP contribution in [0.15, 0.2) is 67.0 Å². The number of likely N-dealkylation sites (tertiary alicyclic amines) is 1. The number of benzene rings is 2. The summed E-state index contributed by atoms with van der Waals surface area (Å²) < 4.78 is 43.6. The molecule has 1 atom stereocenters. The van der Waals surface area contributed by atoms with Gasteiger partial charge in [-0.1, -0.05) is 60.7 Å². The van der Waals surface area contributed by atoms with Gasteiger partial charge < -0.3 is 0 Å². The molecule has 3 aromatic rings. The maximum atomic E-state index is 14.0. The van der Waals surface area contributed by atoms with E-state index in [0.29, 0.717) is 13.1 Å². The molecule has 0 aliphatic carbocycles. The minimum atomic E-state index is -4.69. The second-order valence-corrected chi connectivity index (χ2v) is 7.73. The van der Waals surface area contributed by atoms with E-state index in [2.05, 4.69) is 15.4 Å². The number of hydrogen-bond acceptors (Lipinski definition) is 4. The molecule has 6 nitrogen and oxygen atoms in total. The van der Waals surface area contributed by atoms with Crippen LogP contribution in [0.4, 0.5) is 19.1 Å². The second-order valence-electron chi connectivity index (χ2n) is 7.73. The van der Waals surface area contributed by atoms with E-state index in [1.165, 1.54) is 11.0 Å². The van der Waals surface area contributed by atoms with E-state index in [-0.39, 0.29) is 18.9 Å². The first-order valence-corrected chi connectivity index (χ1v) is 9.94. The maximum absolute atomic E-state index is 14.0. The summed E-state index contributed by atoms with van der Waals surface area (Å²) in [5.74, 6) is -1.25. The highest BCUT2D eigenvalue weighted by molar-refractivity contribution is 5.95. The average Bonchev–Trinajstić information content (AvgIpc) is 3.37. The molecule has 162 valence electrons. The van der Waals surface area contributed by atoms with Crippen LogP contribution in [0.1, 0.15) is 17.5 Å². The standard InChI is InChI=1S/C22H22F3N5O/c23-22(24,25)21(11-12-29(15-21)13-17-7-3-1-4-8-17)19(31)27-20-26-16-30(28-20)14-18-9-5-2-6-10-18/h1-10,16H,11-15H2,(H,27,28,31). The Hall–Kier alpha value is -3.20. The lowest BCUT2D eigenvalue weighted by molar-refractivity contribution is -0.215. The summed E-state index contributed by atoms with van der Waals surface area (Å²) in [6.07, 6.45) is -3.60. The third-order valence-corrected chi connectivity index (χ3v) is 5.52. The molecule has 1 saturated heterocycles. The Morgan fingerprint density at radius 3 is 2.23 bits per heavy atom. The fourth-order valence-corrected chi connectivity index (χ4v) is 3.83. The number of nitrogens with one attached hydrogen (secondary N) is 1. The zero-order valence-corrected chi connectivity index (χ0v) is 16.7. The summed E-state index contributed by atoms with van der Waals surface area (Å²) in [5, 5.41) is 6.40. The highest BCUT2D eigenvalue weighted by Gasteiger charge is 2.63. The van der Waals surface area contributed by atoms with Crippen molar-refractivity contribution in [3.05, 3.63) is 78.1 Å². The van der Waals surface area contributed by atoms with Crippen LogP contribution < -0.4 is 5.32 Å². The highest BCUT2D eigenvalue weighted by atomic mass is 19.4. The van der Waals surface area contributed by atoms with Gasteiger partial charge in [-0.05, 0) is 24.1 Å². The topological polar surface area (TPSA) is 63.1 Å². The Morgan fingerprint density at radius 1 is 1.00 bits per heavy atom. The molecular formula is C22H22F3N5O. The van der Waals surface area contributed by atoms with Gasteiger partial charge in [0.15, 0.2) is 5.41 Å². The minimum absolute atomic E-state index is 0.133. The zero-order valence-electron chi connectivity index (χ0n) is 16.7. The van der Waals surface area contributed by atoms with Crippen molar-refractivity contribution >= 4 is 11.9 Å². The molecule has 0 spiro atoms. The smallest absolute Gasteiger partial charge is 0.298 e. The van der Waals surface area contributed by atoms with Crippen LogP contribution in [0, 0.1) is 5.41 Å². The number of carbonyl (C=O) groups is 1. The number of aromatic nitrogens is 3. The molecule has 4 rings (SSSR count). The van der Waals surface area contributed by atoms with Crippen LogP contribution in [0.2, 0.25) is 0 Å². The first-order valence-electron chi connectivity index (χ1n) is 9.94. The summed E-state index contributed by atoms with van der Waals surface area (Å²) in [7, 11) is 0. The van der Waals surface area contributed by atoms with Gasteiger partial charge >= 0.3 is 6.18 Å². The Morgan fingerprint density at radius 2 is 1.61 bits per heavy atom. The maximum Gasteiger partial charge on any atom is 0.404 e. The molecular weight excluding hydrogens is 407 g/mol. The first-order chi connectivity index (χ1) is 14.9. The van der Waals surface area contributed by atoms with Crippen LogP contribution >= 0.6 is 0 Å². The molecule has 0 bridgehead atoms. The molecule has 1 N–H and O–H groups in total. The zero-order chi connectivity index (χ0) is 21.9. The van der Waals surface area contributed by atoms with Crippen molar-refractivity contribution in [2.75, 3.05) is 18.4 Å². The van der Waals surface area contributed by atoms with Gasteiger partial charge in [0.25, 0.3) is 0 Å². The van der Waals surface area contributed by atoms with Crippen LogP contribution in [0.5, 0.6) is 0 Å². The van der Waals surface area contributed by atoms with Crippen molar-refractivity contribution in [3.8, 4) is 0 Å². The Kier molecular flexibility index (Phi) is 5.77. The number of anilines is 1. The number of nitrogens with zero attached hydrogens (tertiary/aromatic N) is 4. The van der Waals surface area contributed by atoms with Crippen molar-refractivity contribution in [1.29, 1.82) is 0 Å². The van der Waals surface area contributed by atoms with Gasteiger partial charge in [-0.3, -0.25) is 15.0 Å². The van der Waals surface area contributed by atoms with Crippen molar-refractivity contribution in [2.24, 2.45) is 5.41 Å². The molecule has 1 aliphatic heterocycles. The molecule has 1 unspecified atom stereocenters. The van der Waals surface area contributed by atoms with Gasteiger partial charge in [-0.15, -0.1) is 5.10 Å². The van der Waals surface area contributed by atoms with E-state index in [4.69, 9.17) is 0 Å². The van der Waals surface area contributed by atoms with Gasteiger partial charge in [0, 0.05) is 13.1 Å². The summed E-state index contributed by atoms with van der Waals surface area (Å²) in [6, 6.07) is 18.7. The largest absolute Gasteiger partial charge is 0.404 e. The summed E-state index contributed by atoms with van der Waals surface area (Å²) in [6.45, 7) is 0.536. The van der Waals surface area contributed by atoms with Crippen LogP contribution in [-0.4, -0.2) is 44.8 Å². The van der Waals surface area contributed by atoms with Gasteiger partial charge in [-0.25, -0.2) is 9.67 Å². The fraction of sp³-hybridized carbons (Fsp3) is 0.318. The molecule has 0 saturated carbocycles. The average molecular weight is 429 g/mol. The van der Waals surface area contributed by atoms with E-state index in [1.807, 2.05) is 60.7 Å². The van der Waals surface area contributed by atoms with Crippen LogP contribution in [-0.2, 0) is 17.9 Å². The lowest BCUT2D eigenvalue weighted by atomic mass is 9.85. The van der Waals surface area contributed by atoms with Crippen molar-refractivity contribution in [1.82, 2.24) is 19.7 Å². The monoisotopic (exact) mass is 429 g/mol. The van der Waals surface area contributed by atoms with Gasteiger partial charge in [0.05, 0.1) is 6.54 Å². The van der Waals surface area contributed by atoms with Crippen molar-refractivity contribution < 1.29 is 18.0 Å². The lowest BCUT2D eigenvalue weighted by Gasteiger charge is -2.30. The van der Waals surface area contributed by atoms with Crippen LogP contribution in [0.3, 0.4) is 0 Å². The Bertz CT molecular complexity index is 1020. The predicted molar refractivity (Wildman–Crippen MR) is 109 cm³/mol. The second kappa shape index (κ2) is 8.50. The summed E-state index contributed by atoms with van der Waals surface area (Å²) in [4.78, 5) is 18.4. The normalized spacial score (nSPS) is 19.5. The third-order valence-electron chi connectivity index (χ3n) is 5.52. The Balaban J connectivity index is 1.46. The molecule has 1 aliphatic rings. The van der Waals surface area contributed by atoms with E-state index >= 15 is 0 Å².